The molecule has 1 aromatic carbocycles. The second-order valence-electron chi connectivity index (χ2n) is 6.25. The van der Waals surface area contributed by atoms with Crippen molar-refractivity contribution in [3.8, 4) is 0 Å². The van der Waals surface area contributed by atoms with Crippen LogP contribution in [0.1, 0.15) is 47.6 Å². The predicted octanol–water partition coefficient (Wildman–Crippen LogP) is 3.77. The number of carbonyl (C=O) groups is 1. The number of fused-ring (bicyclic) bond motifs is 1. The zero-order valence-electron chi connectivity index (χ0n) is 14.2. The number of hydrogen-bond donors (Lipinski definition) is 2. The van der Waals surface area contributed by atoms with Crippen LogP contribution >= 0.6 is 0 Å². The van der Waals surface area contributed by atoms with E-state index in [1.807, 2.05) is 0 Å². The van der Waals surface area contributed by atoms with Crippen molar-refractivity contribution in [3.63, 3.8) is 0 Å². The topological polar surface area (TPSA) is 84.2 Å². The van der Waals surface area contributed by atoms with E-state index in [0.717, 1.165) is 18.3 Å². The number of alkyl halides is 3. The van der Waals surface area contributed by atoms with Gasteiger partial charge in [0.1, 0.15) is 11.4 Å². The molecule has 0 saturated carbocycles. The van der Waals surface area contributed by atoms with Gasteiger partial charge in [0.15, 0.2) is 0 Å². The number of carboxylic acid groups (broad SMARTS) is 1. The largest absolute Gasteiger partial charge is 0.477 e. The number of rotatable bonds is 3. The molecular weight excluding hydrogens is 363 g/mol. The first-order chi connectivity index (χ1) is 12.7. The second-order valence-corrected chi connectivity index (χ2v) is 6.25. The fraction of sp³-hybridized carbons (Fsp3) is 0.278. The van der Waals surface area contributed by atoms with Crippen molar-refractivity contribution >= 4 is 17.2 Å². The maximum atomic E-state index is 12.6. The highest BCUT2D eigenvalue weighted by atomic mass is 19.4. The third-order valence-electron chi connectivity index (χ3n) is 4.41. The monoisotopic (exact) mass is 379 g/mol. The van der Waals surface area contributed by atoms with E-state index in [0.29, 0.717) is 29.9 Å². The zero-order valence-corrected chi connectivity index (χ0v) is 14.2. The Bertz CT molecular complexity index is 963. The standard InChI is InChI=1S/C18H16F3N3O3/c1-10-2-3-11(15-23-9-14(17(26)27)16(25)24(10)15)8-22-13-6-4-12(5-7-13)18(19,20)21/h4-10,22H,2-3H2,1H3,(H,26,27)/b11-8+. The lowest BCUT2D eigenvalue weighted by atomic mass is 10.0. The molecule has 6 nitrogen and oxygen atoms in total. The molecule has 0 fully saturated rings. The summed E-state index contributed by atoms with van der Waals surface area (Å²) in [6.07, 6.45) is -0.595. The van der Waals surface area contributed by atoms with E-state index in [9.17, 15) is 22.8 Å². The van der Waals surface area contributed by atoms with Crippen molar-refractivity contribution in [3.05, 3.63) is 64.0 Å². The maximum absolute atomic E-state index is 12.6. The summed E-state index contributed by atoms with van der Waals surface area (Å²) in [7, 11) is 0. The van der Waals surface area contributed by atoms with Crippen LogP contribution in [0.25, 0.3) is 5.57 Å². The SMILES string of the molecule is CC1CC/C(=C\Nc2ccc(C(F)(F)F)cc2)c2ncc(C(=O)O)c(=O)n21. The highest BCUT2D eigenvalue weighted by Gasteiger charge is 2.30. The van der Waals surface area contributed by atoms with E-state index in [-0.39, 0.29) is 6.04 Å². The summed E-state index contributed by atoms with van der Waals surface area (Å²) in [5.74, 6) is -0.989. The summed E-state index contributed by atoms with van der Waals surface area (Å²) < 4.78 is 39.2. The lowest BCUT2D eigenvalue weighted by Gasteiger charge is -2.26. The Kier molecular flexibility index (Phi) is 4.77. The number of nitrogens with one attached hydrogen (secondary N) is 1. The van der Waals surface area contributed by atoms with Gasteiger partial charge < -0.3 is 10.4 Å². The molecule has 3 rings (SSSR count). The van der Waals surface area contributed by atoms with Crippen molar-refractivity contribution < 1.29 is 23.1 Å². The molecule has 0 saturated heterocycles. The lowest BCUT2D eigenvalue weighted by Crippen LogP contribution is -2.34. The van der Waals surface area contributed by atoms with Crippen LogP contribution < -0.4 is 10.9 Å². The average molecular weight is 379 g/mol. The van der Waals surface area contributed by atoms with E-state index >= 15 is 0 Å². The number of halogens is 3. The molecule has 0 radical (unpaired) electrons. The van der Waals surface area contributed by atoms with Crippen LogP contribution in [0.15, 0.2) is 41.5 Å². The number of aromatic carboxylic acids is 1. The summed E-state index contributed by atoms with van der Waals surface area (Å²) >= 11 is 0. The van der Waals surface area contributed by atoms with Gasteiger partial charge in [-0.25, -0.2) is 9.78 Å². The van der Waals surface area contributed by atoms with Crippen LogP contribution in [-0.4, -0.2) is 20.6 Å². The fourth-order valence-corrected chi connectivity index (χ4v) is 2.93. The molecule has 1 aliphatic rings. The Hall–Kier alpha value is -3.10. The predicted molar refractivity (Wildman–Crippen MR) is 92.4 cm³/mol. The lowest BCUT2D eigenvalue weighted by molar-refractivity contribution is -0.137. The molecule has 0 spiro atoms. The molecule has 2 N–H and O–H groups in total. The smallest absolute Gasteiger partial charge is 0.416 e. The Morgan fingerprint density at radius 3 is 2.59 bits per heavy atom. The van der Waals surface area contributed by atoms with Gasteiger partial charge in [-0.2, -0.15) is 13.2 Å². The number of aromatic nitrogens is 2. The second kappa shape index (κ2) is 6.90. The first kappa shape index (κ1) is 18.7. The molecule has 1 aliphatic heterocycles. The Morgan fingerprint density at radius 1 is 1.33 bits per heavy atom. The molecule has 142 valence electrons. The van der Waals surface area contributed by atoms with Gasteiger partial charge in [-0.05, 0) is 44.0 Å². The van der Waals surface area contributed by atoms with Crippen molar-refractivity contribution in [2.75, 3.05) is 5.32 Å². The van der Waals surface area contributed by atoms with Gasteiger partial charge in [-0.1, -0.05) is 0 Å². The molecule has 0 aliphatic carbocycles. The number of allylic oxidation sites excluding steroid dienone is 1. The van der Waals surface area contributed by atoms with Gasteiger partial charge in [0.2, 0.25) is 0 Å². The van der Waals surface area contributed by atoms with Crippen molar-refractivity contribution in [2.45, 2.75) is 32.0 Å². The van der Waals surface area contributed by atoms with E-state index < -0.39 is 28.8 Å². The van der Waals surface area contributed by atoms with E-state index in [2.05, 4.69) is 10.3 Å². The molecule has 1 atom stereocenters. The molecule has 27 heavy (non-hydrogen) atoms. The first-order valence-electron chi connectivity index (χ1n) is 8.16. The number of anilines is 1. The Labute approximate surface area is 152 Å². The molecule has 1 aromatic heterocycles. The summed E-state index contributed by atoms with van der Waals surface area (Å²) in [5.41, 5.74) is -0.651. The summed E-state index contributed by atoms with van der Waals surface area (Å²) in [6, 6.07) is 4.35. The van der Waals surface area contributed by atoms with Gasteiger partial charge >= 0.3 is 12.1 Å². The third kappa shape index (κ3) is 3.71. The van der Waals surface area contributed by atoms with Crippen LogP contribution in [0.2, 0.25) is 0 Å². The van der Waals surface area contributed by atoms with Gasteiger partial charge in [0, 0.05) is 29.7 Å². The summed E-state index contributed by atoms with van der Waals surface area (Å²) in [5, 5.41) is 12.0. The van der Waals surface area contributed by atoms with E-state index in [4.69, 9.17) is 5.11 Å². The Morgan fingerprint density at radius 2 is 2.00 bits per heavy atom. The molecule has 2 heterocycles. The molecular formula is C18H16F3N3O3. The quantitative estimate of drug-likeness (QED) is 0.848. The van der Waals surface area contributed by atoms with Crippen LogP contribution in [-0.2, 0) is 6.18 Å². The minimum atomic E-state index is -4.40. The number of benzene rings is 1. The molecule has 9 heteroatoms. The first-order valence-corrected chi connectivity index (χ1v) is 8.16. The third-order valence-corrected chi connectivity index (χ3v) is 4.41. The zero-order chi connectivity index (χ0) is 19.8. The molecule has 0 amide bonds. The molecule has 1 unspecified atom stereocenters. The number of nitrogens with zero attached hydrogens (tertiary/aromatic N) is 2. The Balaban J connectivity index is 1.91. The minimum Gasteiger partial charge on any atom is -0.477 e. The average Bonchev–Trinajstić information content (AvgIpc) is 2.60. The molecule has 0 bridgehead atoms. The maximum Gasteiger partial charge on any atom is 0.416 e. The van der Waals surface area contributed by atoms with Gasteiger partial charge in [-0.3, -0.25) is 9.36 Å². The van der Waals surface area contributed by atoms with Crippen LogP contribution in [0.3, 0.4) is 0 Å². The van der Waals surface area contributed by atoms with Crippen LogP contribution in [0.5, 0.6) is 0 Å². The van der Waals surface area contributed by atoms with Crippen LogP contribution in [0, 0.1) is 0 Å². The van der Waals surface area contributed by atoms with Gasteiger partial charge in [-0.15, -0.1) is 0 Å². The fourth-order valence-electron chi connectivity index (χ4n) is 2.93. The van der Waals surface area contributed by atoms with E-state index in [1.165, 1.54) is 16.7 Å². The normalized spacial score (nSPS) is 18.2. The van der Waals surface area contributed by atoms with Crippen molar-refractivity contribution in [2.24, 2.45) is 0 Å². The van der Waals surface area contributed by atoms with Crippen molar-refractivity contribution in [1.29, 1.82) is 0 Å². The summed E-state index contributed by atoms with van der Waals surface area (Å²) in [4.78, 5) is 27.7. The summed E-state index contributed by atoms with van der Waals surface area (Å²) in [6.45, 7) is 1.80. The number of carboxylic acids is 1. The van der Waals surface area contributed by atoms with E-state index in [1.54, 1.807) is 13.1 Å². The highest BCUT2D eigenvalue weighted by Crippen LogP contribution is 2.31. The van der Waals surface area contributed by atoms with Crippen molar-refractivity contribution in [1.82, 2.24) is 9.55 Å². The van der Waals surface area contributed by atoms with Gasteiger partial charge in [0.05, 0.1) is 5.56 Å². The number of hydrogen-bond acceptors (Lipinski definition) is 4. The molecule has 2 aromatic rings. The highest BCUT2D eigenvalue weighted by molar-refractivity contribution is 5.87. The minimum absolute atomic E-state index is 0.206. The van der Waals surface area contributed by atoms with Gasteiger partial charge in [0.25, 0.3) is 5.56 Å². The van der Waals surface area contributed by atoms with Crippen LogP contribution in [0.4, 0.5) is 18.9 Å².